The van der Waals surface area contributed by atoms with Gasteiger partial charge in [0.05, 0.1) is 18.3 Å². The Hall–Kier alpha value is -3.02. The first kappa shape index (κ1) is 13.9. The van der Waals surface area contributed by atoms with Crippen molar-refractivity contribution in [2.75, 3.05) is 0 Å². The molecule has 0 atom stereocenters. The van der Waals surface area contributed by atoms with Crippen LogP contribution >= 0.6 is 0 Å². The summed E-state index contributed by atoms with van der Waals surface area (Å²) in [6.45, 7) is 0.454. The summed E-state index contributed by atoms with van der Waals surface area (Å²) in [5.74, 6) is -2.74. The zero-order valence-electron chi connectivity index (χ0n) is 11.4. The van der Waals surface area contributed by atoms with Gasteiger partial charge >= 0.3 is 5.97 Å². The number of carboxylic acids is 1. The van der Waals surface area contributed by atoms with E-state index in [2.05, 4.69) is 5.10 Å². The number of Topliss-reactive ketones (excluding diaryl/α,β-unsaturated/α-hetero) is 1. The number of hydrogen-bond acceptors (Lipinski definition) is 3. The third-order valence-electron chi connectivity index (χ3n) is 3.34. The van der Waals surface area contributed by atoms with Gasteiger partial charge in [0, 0.05) is 10.9 Å². The zero-order chi connectivity index (χ0) is 15.7. The molecule has 0 aliphatic carbocycles. The van der Waals surface area contributed by atoms with Crippen LogP contribution in [0.5, 0.6) is 0 Å². The SMILES string of the molecule is O=C(O)C(=O)c1ccc2c(cnn2Cc2ccc(F)cc2)c1. The van der Waals surface area contributed by atoms with Crippen molar-refractivity contribution in [3.05, 3.63) is 65.6 Å². The largest absolute Gasteiger partial charge is 0.475 e. The molecule has 0 spiro atoms. The maximum Gasteiger partial charge on any atom is 0.377 e. The predicted octanol–water partition coefficient (Wildman–Crippen LogP) is 2.49. The molecule has 0 bridgehead atoms. The number of halogens is 1. The third kappa shape index (κ3) is 2.58. The fourth-order valence-corrected chi connectivity index (χ4v) is 2.24. The normalized spacial score (nSPS) is 10.8. The Morgan fingerprint density at radius 1 is 1.14 bits per heavy atom. The number of aromatic nitrogens is 2. The molecule has 3 aromatic rings. The van der Waals surface area contributed by atoms with E-state index >= 15 is 0 Å². The number of fused-ring (bicyclic) bond motifs is 1. The predicted molar refractivity (Wildman–Crippen MR) is 77.2 cm³/mol. The first-order valence-electron chi connectivity index (χ1n) is 6.52. The van der Waals surface area contributed by atoms with E-state index in [9.17, 15) is 14.0 Å². The highest BCUT2D eigenvalue weighted by Crippen LogP contribution is 2.18. The Balaban J connectivity index is 1.94. The highest BCUT2D eigenvalue weighted by molar-refractivity contribution is 6.40. The number of benzene rings is 2. The van der Waals surface area contributed by atoms with Crippen LogP contribution in [0, 0.1) is 5.82 Å². The molecule has 0 aliphatic rings. The summed E-state index contributed by atoms with van der Waals surface area (Å²) in [5, 5.41) is 13.6. The summed E-state index contributed by atoms with van der Waals surface area (Å²) in [7, 11) is 0. The van der Waals surface area contributed by atoms with Crippen LogP contribution < -0.4 is 0 Å². The highest BCUT2D eigenvalue weighted by atomic mass is 19.1. The fourth-order valence-electron chi connectivity index (χ4n) is 2.24. The van der Waals surface area contributed by atoms with Crippen molar-refractivity contribution in [2.24, 2.45) is 0 Å². The van der Waals surface area contributed by atoms with Gasteiger partial charge in [-0.15, -0.1) is 0 Å². The van der Waals surface area contributed by atoms with Crippen LogP contribution in [0.2, 0.25) is 0 Å². The first-order chi connectivity index (χ1) is 10.5. The molecule has 5 nitrogen and oxygen atoms in total. The van der Waals surface area contributed by atoms with E-state index in [1.165, 1.54) is 24.3 Å². The topological polar surface area (TPSA) is 72.2 Å². The standard InChI is InChI=1S/C16H11FN2O3/c17-13-4-1-10(2-5-13)9-19-14-6-3-11(15(20)16(21)22)7-12(14)8-18-19/h1-8H,9H2,(H,21,22). The molecule has 22 heavy (non-hydrogen) atoms. The molecule has 0 radical (unpaired) electrons. The lowest BCUT2D eigenvalue weighted by Gasteiger charge is -2.04. The average molecular weight is 298 g/mol. The molecule has 0 amide bonds. The number of carbonyl (C=O) groups excluding carboxylic acids is 1. The number of carboxylic acid groups (broad SMARTS) is 1. The Morgan fingerprint density at radius 2 is 1.86 bits per heavy atom. The van der Waals surface area contributed by atoms with E-state index in [0.717, 1.165) is 11.1 Å². The maximum absolute atomic E-state index is 12.9. The molecule has 2 aromatic carbocycles. The van der Waals surface area contributed by atoms with Crippen LogP contribution in [0.25, 0.3) is 10.9 Å². The second-order valence-electron chi connectivity index (χ2n) is 4.84. The van der Waals surface area contributed by atoms with E-state index in [4.69, 9.17) is 5.11 Å². The van der Waals surface area contributed by atoms with Crippen molar-refractivity contribution in [3.8, 4) is 0 Å². The van der Waals surface area contributed by atoms with Crippen molar-refractivity contribution >= 4 is 22.7 Å². The molecule has 6 heteroatoms. The van der Waals surface area contributed by atoms with E-state index < -0.39 is 11.8 Å². The Kier molecular flexibility index (Phi) is 3.42. The lowest BCUT2D eigenvalue weighted by molar-refractivity contribution is -0.131. The maximum atomic E-state index is 12.9. The Morgan fingerprint density at radius 3 is 2.55 bits per heavy atom. The number of rotatable bonds is 4. The van der Waals surface area contributed by atoms with Gasteiger partial charge in [-0.1, -0.05) is 12.1 Å². The number of ketones is 1. The quantitative estimate of drug-likeness (QED) is 0.593. The summed E-state index contributed by atoms with van der Waals surface area (Å²) >= 11 is 0. The van der Waals surface area contributed by atoms with Crippen molar-refractivity contribution in [1.82, 2.24) is 9.78 Å². The molecule has 0 saturated heterocycles. The number of hydrogen-bond donors (Lipinski definition) is 1. The molecular weight excluding hydrogens is 287 g/mol. The summed E-state index contributed by atoms with van der Waals surface area (Å²) in [6, 6.07) is 10.7. The van der Waals surface area contributed by atoms with Crippen molar-refractivity contribution in [1.29, 1.82) is 0 Å². The number of aliphatic carboxylic acids is 1. The third-order valence-corrected chi connectivity index (χ3v) is 3.34. The van der Waals surface area contributed by atoms with E-state index in [0.29, 0.717) is 11.9 Å². The van der Waals surface area contributed by atoms with Gasteiger partial charge in [0.2, 0.25) is 0 Å². The van der Waals surface area contributed by atoms with Crippen LogP contribution in [-0.4, -0.2) is 26.6 Å². The van der Waals surface area contributed by atoms with Gasteiger partial charge in [-0.25, -0.2) is 9.18 Å². The summed E-state index contributed by atoms with van der Waals surface area (Å²) in [5.41, 5.74) is 1.77. The van der Waals surface area contributed by atoms with Crippen LogP contribution in [0.4, 0.5) is 4.39 Å². The molecule has 0 saturated carbocycles. The molecule has 0 aliphatic heterocycles. The molecule has 3 rings (SSSR count). The van der Waals surface area contributed by atoms with Crippen LogP contribution in [-0.2, 0) is 11.3 Å². The molecular formula is C16H11FN2O3. The van der Waals surface area contributed by atoms with Crippen LogP contribution in [0.15, 0.2) is 48.7 Å². The van der Waals surface area contributed by atoms with Gasteiger partial charge in [0.1, 0.15) is 5.82 Å². The van der Waals surface area contributed by atoms with E-state index in [1.54, 1.807) is 29.1 Å². The monoisotopic (exact) mass is 298 g/mol. The van der Waals surface area contributed by atoms with Crippen LogP contribution in [0.1, 0.15) is 15.9 Å². The second-order valence-corrected chi connectivity index (χ2v) is 4.84. The van der Waals surface area contributed by atoms with Crippen molar-refractivity contribution in [3.63, 3.8) is 0 Å². The van der Waals surface area contributed by atoms with Gasteiger partial charge in [-0.2, -0.15) is 5.10 Å². The van der Waals surface area contributed by atoms with E-state index in [-0.39, 0.29) is 11.4 Å². The molecule has 1 N–H and O–H groups in total. The number of carbonyl (C=O) groups is 2. The molecule has 110 valence electrons. The summed E-state index contributed by atoms with van der Waals surface area (Å²) in [6.07, 6.45) is 1.57. The minimum absolute atomic E-state index is 0.112. The molecule has 0 fully saturated rings. The Bertz CT molecular complexity index is 869. The number of nitrogens with zero attached hydrogens (tertiary/aromatic N) is 2. The second kappa shape index (κ2) is 5.40. The van der Waals surface area contributed by atoms with Gasteiger partial charge in [0.15, 0.2) is 0 Å². The molecule has 1 aromatic heterocycles. The van der Waals surface area contributed by atoms with Gasteiger partial charge in [-0.3, -0.25) is 9.48 Å². The van der Waals surface area contributed by atoms with E-state index in [1.807, 2.05) is 0 Å². The minimum atomic E-state index is -1.49. The fraction of sp³-hybridized carbons (Fsp3) is 0.0625. The average Bonchev–Trinajstić information content (AvgIpc) is 2.91. The lowest BCUT2D eigenvalue weighted by Crippen LogP contribution is -2.12. The Labute approximate surface area is 124 Å². The van der Waals surface area contributed by atoms with Crippen molar-refractivity contribution < 1.29 is 19.1 Å². The minimum Gasteiger partial charge on any atom is -0.475 e. The molecule has 1 heterocycles. The molecule has 0 unspecified atom stereocenters. The van der Waals surface area contributed by atoms with Crippen LogP contribution in [0.3, 0.4) is 0 Å². The zero-order valence-corrected chi connectivity index (χ0v) is 11.4. The van der Waals surface area contributed by atoms with Gasteiger partial charge in [0.25, 0.3) is 5.78 Å². The van der Waals surface area contributed by atoms with Gasteiger partial charge in [-0.05, 0) is 35.9 Å². The van der Waals surface area contributed by atoms with Gasteiger partial charge < -0.3 is 5.11 Å². The first-order valence-corrected chi connectivity index (χ1v) is 6.52. The summed E-state index contributed by atoms with van der Waals surface area (Å²) < 4.78 is 14.6. The summed E-state index contributed by atoms with van der Waals surface area (Å²) in [4.78, 5) is 22.2. The lowest BCUT2D eigenvalue weighted by atomic mass is 10.1. The smallest absolute Gasteiger partial charge is 0.377 e. The van der Waals surface area contributed by atoms with Crippen molar-refractivity contribution in [2.45, 2.75) is 6.54 Å². The highest BCUT2D eigenvalue weighted by Gasteiger charge is 2.15.